The molecule has 1 aliphatic heterocycles. The summed E-state index contributed by atoms with van der Waals surface area (Å²) in [6.07, 6.45) is 1.70. The second kappa shape index (κ2) is 8.23. The molecule has 1 unspecified atom stereocenters. The Bertz CT molecular complexity index is 1120. The molecule has 30 heavy (non-hydrogen) atoms. The van der Waals surface area contributed by atoms with E-state index in [4.69, 9.17) is 37.8 Å². The summed E-state index contributed by atoms with van der Waals surface area (Å²) in [6, 6.07) is 4.47. The Labute approximate surface area is 178 Å². The molecule has 10 nitrogen and oxygen atoms in total. The highest BCUT2D eigenvalue weighted by atomic mass is 35.5. The van der Waals surface area contributed by atoms with Crippen LogP contribution in [-0.2, 0) is 0 Å². The lowest BCUT2D eigenvalue weighted by atomic mass is 9.94. The number of benzene rings is 1. The number of nitrogens with two attached hydrogens (primary N) is 2. The maximum atomic E-state index is 9.43. The minimum atomic E-state index is -0.785. The van der Waals surface area contributed by atoms with Gasteiger partial charge in [0.05, 0.1) is 23.9 Å². The molecule has 0 saturated carbocycles. The van der Waals surface area contributed by atoms with Crippen molar-refractivity contribution in [2.75, 3.05) is 23.9 Å². The van der Waals surface area contributed by atoms with Crippen LogP contribution in [0.4, 0.5) is 17.3 Å². The number of nitrogens with zero attached hydrogens (tertiary/aromatic N) is 4. The molecule has 0 fully saturated rings. The Kier molecular flexibility index (Phi) is 5.72. The van der Waals surface area contributed by atoms with Crippen molar-refractivity contribution in [1.82, 2.24) is 10.3 Å². The Balaban J connectivity index is 2.25. The fraction of sp³-hybridized carbons (Fsp3) is 0.263. The van der Waals surface area contributed by atoms with Crippen LogP contribution in [0.15, 0.2) is 17.1 Å². The van der Waals surface area contributed by atoms with E-state index in [9.17, 15) is 5.26 Å². The molecule has 2 heterocycles. The van der Waals surface area contributed by atoms with E-state index >= 15 is 0 Å². The number of aliphatic imine (C=N–C) groups is 1. The lowest BCUT2D eigenvalue weighted by molar-refractivity contribution is 0.230. The second-order valence-electron chi connectivity index (χ2n) is 6.59. The number of hydrogen-bond donors (Lipinski definition) is 4. The van der Waals surface area contributed by atoms with Crippen LogP contribution in [0.1, 0.15) is 36.6 Å². The molecular weight excluding hydrogens is 408 g/mol. The van der Waals surface area contributed by atoms with Crippen molar-refractivity contribution in [3.8, 4) is 23.8 Å². The molecule has 0 amide bonds. The average molecular weight is 427 g/mol. The van der Waals surface area contributed by atoms with E-state index in [1.807, 2.05) is 19.9 Å². The van der Waals surface area contributed by atoms with E-state index < -0.39 is 6.04 Å². The highest BCUT2D eigenvalue weighted by Crippen LogP contribution is 2.45. The van der Waals surface area contributed by atoms with Crippen LogP contribution < -0.4 is 31.6 Å². The van der Waals surface area contributed by atoms with Crippen LogP contribution in [0.2, 0.25) is 5.02 Å². The van der Waals surface area contributed by atoms with Crippen molar-refractivity contribution < 1.29 is 9.47 Å². The molecule has 0 aliphatic carbocycles. The smallest absolute Gasteiger partial charge is 0.211 e. The fourth-order valence-corrected chi connectivity index (χ4v) is 3.33. The van der Waals surface area contributed by atoms with Gasteiger partial charge in [-0.05, 0) is 19.9 Å². The van der Waals surface area contributed by atoms with E-state index in [0.29, 0.717) is 27.6 Å². The molecule has 0 spiro atoms. The van der Waals surface area contributed by atoms with Crippen molar-refractivity contribution in [1.29, 1.82) is 10.5 Å². The van der Waals surface area contributed by atoms with Gasteiger partial charge >= 0.3 is 0 Å². The van der Waals surface area contributed by atoms with Crippen molar-refractivity contribution in [2.45, 2.75) is 26.0 Å². The molecule has 3 rings (SSSR count). The summed E-state index contributed by atoms with van der Waals surface area (Å²) in [6.45, 7) is 3.77. The first-order valence-electron chi connectivity index (χ1n) is 8.83. The van der Waals surface area contributed by atoms with Gasteiger partial charge in [-0.25, -0.2) is 9.98 Å². The first-order valence-corrected chi connectivity index (χ1v) is 9.21. The number of halogens is 1. The summed E-state index contributed by atoms with van der Waals surface area (Å²) in [7, 11) is 1.51. The quantitative estimate of drug-likeness (QED) is 0.424. The molecular formula is C19H19ClN8O2. The molecule has 1 aromatic carbocycles. The Morgan fingerprint density at radius 3 is 2.60 bits per heavy atom. The third kappa shape index (κ3) is 3.69. The zero-order valence-electron chi connectivity index (χ0n) is 16.4. The zero-order chi connectivity index (χ0) is 22.0. The summed E-state index contributed by atoms with van der Waals surface area (Å²) < 4.78 is 11.2. The number of nitriles is 2. The number of hydrogen-bond acceptors (Lipinski definition) is 10. The van der Waals surface area contributed by atoms with Crippen LogP contribution in [0, 0.1) is 22.8 Å². The van der Waals surface area contributed by atoms with Gasteiger partial charge in [0.2, 0.25) is 5.96 Å². The number of anilines is 3. The first kappa shape index (κ1) is 20.8. The van der Waals surface area contributed by atoms with Crippen molar-refractivity contribution in [2.24, 2.45) is 4.99 Å². The number of rotatable bonds is 4. The Morgan fingerprint density at radius 1 is 1.27 bits per heavy atom. The highest BCUT2D eigenvalue weighted by Gasteiger charge is 2.31. The SMILES string of the molecule is COc1cc(C2N=C(NC#N)Nc3nc(N)c(C#N)c(N)c32)c(Cl)cc1OC(C)C. The van der Waals surface area contributed by atoms with Gasteiger partial charge in [-0.2, -0.15) is 10.5 Å². The van der Waals surface area contributed by atoms with E-state index in [1.54, 1.807) is 18.3 Å². The third-order valence-corrected chi connectivity index (χ3v) is 4.63. The molecule has 1 aliphatic rings. The Hall–Kier alpha value is -3.89. The number of methoxy groups -OCH3 is 1. The summed E-state index contributed by atoms with van der Waals surface area (Å²) in [4.78, 5) is 8.71. The number of guanidine groups is 1. The standard InChI is InChI=1S/C19H19ClN8O2/c1-8(2)30-13-5-11(20)9(4-12(13)29-3)16-14-15(23)10(6-21)17(24)27-18(14)28-19(26-16)25-7-22/h4-5,8,16H,1-3H3,(H6,23,24,25,26,27,28). The second-order valence-corrected chi connectivity index (χ2v) is 7.00. The number of ether oxygens (including phenoxy) is 2. The highest BCUT2D eigenvalue weighted by molar-refractivity contribution is 6.31. The predicted molar refractivity (Wildman–Crippen MR) is 113 cm³/mol. The van der Waals surface area contributed by atoms with Gasteiger partial charge in [0.15, 0.2) is 17.7 Å². The van der Waals surface area contributed by atoms with Gasteiger partial charge in [-0.1, -0.05) is 11.6 Å². The fourth-order valence-electron chi connectivity index (χ4n) is 3.07. The van der Waals surface area contributed by atoms with Gasteiger partial charge < -0.3 is 26.3 Å². The van der Waals surface area contributed by atoms with Gasteiger partial charge in [-0.3, -0.25) is 5.32 Å². The summed E-state index contributed by atoms with van der Waals surface area (Å²) in [5.41, 5.74) is 13.2. The van der Waals surface area contributed by atoms with Crippen LogP contribution in [-0.4, -0.2) is 24.2 Å². The van der Waals surface area contributed by atoms with Crippen molar-refractivity contribution >= 4 is 34.9 Å². The first-order chi connectivity index (χ1) is 14.3. The van der Waals surface area contributed by atoms with Crippen LogP contribution in [0.25, 0.3) is 0 Å². The van der Waals surface area contributed by atoms with Crippen LogP contribution in [0.3, 0.4) is 0 Å². The summed E-state index contributed by atoms with van der Waals surface area (Å²) in [5, 5.41) is 24.1. The normalized spacial score (nSPS) is 14.6. The molecule has 2 aromatic rings. The van der Waals surface area contributed by atoms with E-state index in [1.165, 1.54) is 7.11 Å². The maximum Gasteiger partial charge on any atom is 0.211 e. The lowest BCUT2D eigenvalue weighted by Crippen LogP contribution is -2.32. The topological polar surface area (TPSA) is 167 Å². The van der Waals surface area contributed by atoms with Crippen LogP contribution >= 0.6 is 11.6 Å². The van der Waals surface area contributed by atoms with Crippen LogP contribution in [0.5, 0.6) is 11.5 Å². The minimum absolute atomic E-state index is 0.0373. The number of aromatic nitrogens is 1. The number of fused-ring (bicyclic) bond motifs is 1. The molecule has 0 radical (unpaired) electrons. The van der Waals surface area contributed by atoms with Crippen molar-refractivity contribution in [3.05, 3.63) is 33.8 Å². The van der Waals surface area contributed by atoms with Gasteiger partial charge in [0.25, 0.3) is 0 Å². The van der Waals surface area contributed by atoms with E-state index in [-0.39, 0.29) is 35.0 Å². The molecule has 1 atom stereocenters. The molecule has 6 N–H and O–H groups in total. The third-order valence-electron chi connectivity index (χ3n) is 4.30. The van der Waals surface area contributed by atoms with Gasteiger partial charge in [0, 0.05) is 17.2 Å². The van der Waals surface area contributed by atoms with Gasteiger partial charge in [-0.15, -0.1) is 0 Å². The predicted octanol–water partition coefficient (Wildman–Crippen LogP) is 2.51. The minimum Gasteiger partial charge on any atom is -0.493 e. The largest absolute Gasteiger partial charge is 0.493 e. The lowest BCUT2D eigenvalue weighted by Gasteiger charge is -2.27. The maximum absolute atomic E-state index is 9.43. The average Bonchev–Trinajstić information content (AvgIpc) is 2.67. The summed E-state index contributed by atoms with van der Waals surface area (Å²) >= 11 is 6.56. The number of nitrogens with one attached hydrogen (secondary N) is 2. The zero-order valence-corrected chi connectivity index (χ0v) is 17.2. The Morgan fingerprint density at radius 2 is 2.00 bits per heavy atom. The monoisotopic (exact) mass is 426 g/mol. The van der Waals surface area contributed by atoms with E-state index in [0.717, 1.165) is 0 Å². The summed E-state index contributed by atoms with van der Waals surface area (Å²) in [5.74, 6) is 1.26. The van der Waals surface area contributed by atoms with E-state index in [2.05, 4.69) is 20.6 Å². The molecule has 1 aromatic heterocycles. The molecule has 0 saturated heterocycles. The molecule has 0 bridgehead atoms. The number of pyridine rings is 1. The van der Waals surface area contributed by atoms with Gasteiger partial charge in [0.1, 0.15) is 29.3 Å². The molecule has 154 valence electrons. The molecule has 11 heteroatoms. The van der Waals surface area contributed by atoms with Crippen molar-refractivity contribution in [3.63, 3.8) is 0 Å². The number of nitrogen functional groups attached to an aromatic ring is 2.